The van der Waals surface area contributed by atoms with Crippen molar-refractivity contribution in [1.29, 1.82) is 0 Å². The lowest BCUT2D eigenvalue weighted by molar-refractivity contribution is -0.136. The number of piperidine rings is 1. The first-order chi connectivity index (χ1) is 18.9. The molecule has 0 unspecified atom stereocenters. The average Bonchev–Trinajstić information content (AvgIpc) is 3.38. The number of rotatable bonds is 9. The first-order valence-electron chi connectivity index (χ1n) is 13.0. The van der Waals surface area contributed by atoms with Crippen molar-refractivity contribution in [2.75, 3.05) is 38.6 Å². The number of benzene rings is 2. The molecule has 0 aliphatic carbocycles. The van der Waals surface area contributed by atoms with Crippen LogP contribution in [0.15, 0.2) is 61.1 Å². The van der Waals surface area contributed by atoms with Crippen LogP contribution in [0.5, 0.6) is 5.75 Å². The summed E-state index contributed by atoms with van der Waals surface area (Å²) in [5.74, 6) is 0.961. The number of carbonyl (C=O) groups is 2. The van der Waals surface area contributed by atoms with Crippen LogP contribution < -0.4 is 15.4 Å². The number of carbonyl (C=O) groups excluding carboxylic acids is 1. The summed E-state index contributed by atoms with van der Waals surface area (Å²) in [5, 5.41) is 15.1. The van der Waals surface area contributed by atoms with E-state index in [0.717, 1.165) is 41.1 Å². The number of imidazole rings is 1. The molecular weight excluding hydrogens is 496 g/mol. The molecule has 4 aromatic rings. The summed E-state index contributed by atoms with van der Waals surface area (Å²) < 4.78 is 7.25. The largest absolute Gasteiger partial charge is 0.497 e. The fourth-order valence-corrected chi connectivity index (χ4v) is 4.99. The molecule has 0 atom stereocenters. The molecular formula is C29H32N6O4. The molecule has 2 aromatic heterocycles. The van der Waals surface area contributed by atoms with Crippen molar-refractivity contribution in [3.63, 3.8) is 0 Å². The van der Waals surface area contributed by atoms with Gasteiger partial charge >= 0.3 is 5.97 Å². The van der Waals surface area contributed by atoms with Crippen LogP contribution in [0.2, 0.25) is 0 Å². The molecule has 1 fully saturated rings. The SMILES string of the molecule is COc1ccc(-c2cnc3c(Nc4ccc(C(=O)N5CCC(CNCC(=O)O)CC5)c(C)c4)nccn23)cc1. The third kappa shape index (κ3) is 5.85. The highest BCUT2D eigenvalue weighted by Crippen LogP contribution is 2.28. The normalized spacial score (nSPS) is 13.9. The number of fused-ring (bicyclic) bond motifs is 1. The van der Waals surface area contributed by atoms with Crippen molar-refractivity contribution in [1.82, 2.24) is 24.6 Å². The standard InChI is InChI=1S/C29H32N6O4/c1-19-15-22(5-8-24(19)29(38)34-12-9-20(10-13-34)16-30-18-26(36)37)33-27-28-32-17-25(35(28)14-11-31-27)21-3-6-23(39-2)7-4-21/h3-8,11,14-15,17,20,30H,9-10,12-13,16,18H2,1-2H3,(H,31,33)(H,36,37). The first kappa shape index (κ1) is 26.2. The Hall–Kier alpha value is -4.44. The highest BCUT2D eigenvalue weighted by Gasteiger charge is 2.24. The molecule has 3 N–H and O–H groups in total. The molecule has 1 aliphatic heterocycles. The number of anilines is 2. The molecule has 10 heteroatoms. The molecule has 1 amide bonds. The zero-order chi connectivity index (χ0) is 27.4. The van der Waals surface area contributed by atoms with Crippen molar-refractivity contribution in [2.45, 2.75) is 19.8 Å². The summed E-state index contributed by atoms with van der Waals surface area (Å²) in [6.45, 7) is 3.89. The van der Waals surface area contributed by atoms with Gasteiger partial charge in [-0.25, -0.2) is 9.97 Å². The Morgan fingerprint density at radius 1 is 1.10 bits per heavy atom. The van der Waals surface area contributed by atoms with E-state index in [1.807, 2.05) is 71.1 Å². The number of hydrogen-bond acceptors (Lipinski definition) is 7. The quantitative estimate of drug-likeness (QED) is 0.298. The maximum absolute atomic E-state index is 13.2. The molecule has 39 heavy (non-hydrogen) atoms. The van der Waals surface area contributed by atoms with Crippen molar-refractivity contribution >= 4 is 29.0 Å². The predicted molar refractivity (Wildman–Crippen MR) is 149 cm³/mol. The molecule has 3 heterocycles. The minimum Gasteiger partial charge on any atom is -0.497 e. The molecule has 10 nitrogen and oxygen atoms in total. The monoisotopic (exact) mass is 528 g/mol. The Morgan fingerprint density at radius 3 is 2.56 bits per heavy atom. The first-order valence-corrected chi connectivity index (χ1v) is 13.0. The zero-order valence-electron chi connectivity index (χ0n) is 22.1. The molecule has 202 valence electrons. The van der Waals surface area contributed by atoms with Crippen LogP contribution in [0.4, 0.5) is 11.5 Å². The molecule has 0 saturated carbocycles. The van der Waals surface area contributed by atoms with Crippen LogP contribution >= 0.6 is 0 Å². The number of methoxy groups -OCH3 is 1. The Balaban J connectivity index is 1.26. The molecule has 5 rings (SSSR count). The molecule has 0 spiro atoms. The summed E-state index contributed by atoms with van der Waals surface area (Å²) in [4.78, 5) is 34.9. The van der Waals surface area contributed by atoms with Gasteiger partial charge in [0.25, 0.3) is 5.91 Å². The van der Waals surface area contributed by atoms with Crippen LogP contribution in [0.3, 0.4) is 0 Å². The van der Waals surface area contributed by atoms with E-state index in [4.69, 9.17) is 9.84 Å². The minimum atomic E-state index is -0.855. The fraction of sp³-hybridized carbons (Fsp3) is 0.310. The van der Waals surface area contributed by atoms with Crippen LogP contribution in [0, 0.1) is 12.8 Å². The second-order valence-corrected chi connectivity index (χ2v) is 9.76. The number of aromatic nitrogens is 3. The molecule has 0 bridgehead atoms. The summed E-state index contributed by atoms with van der Waals surface area (Å²) in [6, 6.07) is 13.5. The number of carboxylic acid groups (broad SMARTS) is 1. The number of aryl methyl sites for hydroxylation is 1. The number of nitrogens with zero attached hydrogens (tertiary/aromatic N) is 4. The van der Waals surface area contributed by atoms with Crippen LogP contribution in [-0.4, -0.2) is 69.5 Å². The van der Waals surface area contributed by atoms with Gasteiger partial charge in [-0.3, -0.25) is 14.0 Å². The third-order valence-electron chi connectivity index (χ3n) is 7.14. The van der Waals surface area contributed by atoms with E-state index in [9.17, 15) is 9.59 Å². The lowest BCUT2D eigenvalue weighted by Crippen LogP contribution is -2.41. The number of carboxylic acids is 1. The smallest absolute Gasteiger partial charge is 0.317 e. The average molecular weight is 529 g/mol. The summed E-state index contributed by atoms with van der Waals surface area (Å²) in [7, 11) is 1.65. The van der Waals surface area contributed by atoms with Gasteiger partial charge in [0.2, 0.25) is 0 Å². The van der Waals surface area contributed by atoms with Crippen molar-refractivity contribution < 1.29 is 19.4 Å². The van der Waals surface area contributed by atoms with Gasteiger partial charge in [-0.05, 0) is 80.3 Å². The lowest BCUT2D eigenvalue weighted by atomic mass is 9.95. The van der Waals surface area contributed by atoms with Gasteiger partial charge in [-0.1, -0.05) is 0 Å². The van der Waals surface area contributed by atoms with Crippen molar-refractivity contribution in [2.24, 2.45) is 5.92 Å². The molecule has 0 radical (unpaired) electrons. The van der Waals surface area contributed by atoms with E-state index < -0.39 is 5.97 Å². The topological polar surface area (TPSA) is 121 Å². The summed E-state index contributed by atoms with van der Waals surface area (Å²) in [6.07, 6.45) is 7.15. The second-order valence-electron chi connectivity index (χ2n) is 9.76. The summed E-state index contributed by atoms with van der Waals surface area (Å²) >= 11 is 0. The van der Waals surface area contributed by atoms with E-state index in [1.165, 1.54) is 0 Å². The molecule has 2 aromatic carbocycles. The summed E-state index contributed by atoms with van der Waals surface area (Å²) in [5.41, 5.74) is 5.03. The Labute approximate surface area is 226 Å². The van der Waals surface area contributed by atoms with E-state index in [2.05, 4.69) is 20.6 Å². The van der Waals surface area contributed by atoms with Crippen LogP contribution in [-0.2, 0) is 4.79 Å². The van der Waals surface area contributed by atoms with E-state index in [0.29, 0.717) is 42.6 Å². The number of likely N-dealkylation sites (tertiary alicyclic amines) is 1. The zero-order valence-corrected chi connectivity index (χ0v) is 22.1. The van der Waals surface area contributed by atoms with Gasteiger partial charge in [-0.15, -0.1) is 0 Å². The fourth-order valence-electron chi connectivity index (χ4n) is 4.99. The van der Waals surface area contributed by atoms with Gasteiger partial charge in [0, 0.05) is 42.3 Å². The minimum absolute atomic E-state index is 0.0219. The molecule has 1 aliphatic rings. The van der Waals surface area contributed by atoms with Crippen LogP contribution in [0.1, 0.15) is 28.8 Å². The van der Waals surface area contributed by atoms with Crippen molar-refractivity contribution in [3.05, 3.63) is 72.2 Å². The number of aliphatic carboxylic acids is 1. The number of nitrogens with one attached hydrogen (secondary N) is 2. The lowest BCUT2D eigenvalue weighted by Gasteiger charge is -2.32. The maximum Gasteiger partial charge on any atom is 0.317 e. The van der Waals surface area contributed by atoms with Crippen LogP contribution in [0.25, 0.3) is 16.9 Å². The number of amides is 1. The Bertz CT molecular complexity index is 1480. The number of hydrogen-bond donors (Lipinski definition) is 3. The van der Waals surface area contributed by atoms with Gasteiger partial charge in [0.15, 0.2) is 11.5 Å². The van der Waals surface area contributed by atoms with E-state index in [-0.39, 0.29) is 12.5 Å². The highest BCUT2D eigenvalue weighted by molar-refractivity contribution is 5.96. The van der Waals surface area contributed by atoms with Gasteiger partial charge in [-0.2, -0.15) is 0 Å². The third-order valence-corrected chi connectivity index (χ3v) is 7.14. The van der Waals surface area contributed by atoms with E-state index in [1.54, 1.807) is 13.3 Å². The van der Waals surface area contributed by atoms with Gasteiger partial charge in [0.1, 0.15) is 5.75 Å². The van der Waals surface area contributed by atoms with Crippen molar-refractivity contribution in [3.8, 4) is 17.0 Å². The number of ether oxygens (including phenoxy) is 1. The highest BCUT2D eigenvalue weighted by atomic mass is 16.5. The van der Waals surface area contributed by atoms with E-state index >= 15 is 0 Å². The van der Waals surface area contributed by atoms with Gasteiger partial charge < -0.3 is 25.4 Å². The Morgan fingerprint density at radius 2 is 1.87 bits per heavy atom. The second kappa shape index (κ2) is 11.5. The molecule has 1 saturated heterocycles. The Kier molecular flexibility index (Phi) is 7.74. The van der Waals surface area contributed by atoms with Gasteiger partial charge in [0.05, 0.1) is 25.5 Å². The predicted octanol–water partition coefficient (Wildman–Crippen LogP) is 3.98. The maximum atomic E-state index is 13.2.